The number of amides is 1. The van der Waals surface area contributed by atoms with E-state index in [1.165, 1.54) is 11.3 Å². The van der Waals surface area contributed by atoms with Crippen molar-refractivity contribution in [1.82, 2.24) is 15.3 Å². The normalized spacial score (nSPS) is 10.7. The molecule has 0 radical (unpaired) electrons. The highest BCUT2D eigenvalue weighted by Crippen LogP contribution is 2.30. The van der Waals surface area contributed by atoms with Gasteiger partial charge in [-0.2, -0.15) is 0 Å². The number of fused-ring (bicyclic) bond motifs is 1. The van der Waals surface area contributed by atoms with Crippen LogP contribution in [0.2, 0.25) is 5.02 Å². The molecule has 106 valence electrons. The summed E-state index contributed by atoms with van der Waals surface area (Å²) in [6, 6.07) is 7.38. The lowest BCUT2D eigenvalue weighted by Gasteiger charge is -2.03. The Hall–Kier alpha value is -1.98. The van der Waals surface area contributed by atoms with E-state index in [2.05, 4.69) is 15.3 Å². The summed E-state index contributed by atoms with van der Waals surface area (Å²) < 4.78 is 0.846. The van der Waals surface area contributed by atoms with Gasteiger partial charge in [0.1, 0.15) is 0 Å². The molecule has 0 aliphatic rings. The smallest absolute Gasteiger partial charge is 0.261 e. The molecule has 1 amide bonds. The molecule has 0 aliphatic carbocycles. The number of carbonyl (C=O) groups excluding carboxylic acids is 1. The van der Waals surface area contributed by atoms with Gasteiger partial charge in [0.15, 0.2) is 0 Å². The molecule has 0 unspecified atom stereocenters. The molecule has 1 N–H and O–H groups in total. The minimum atomic E-state index is -0.0943. The van der Waals surface area contributed by atoms with Crippen LogP contribution in [-0.4, -0.2) is 22.4 Å². The SMILES string of the molecule is O=C(NCCc1ccncc1)c1cc2nccc(Cl)c2s1. The van der Waals surface area contributed by atoms with E-state index < -0.39 is 0 Å². The fourth-order valence-corrected chi connectivity index (χ4v) is 3.18. The average Bonchev–Trinajstić information content (AvgIpc) is 2.94. The molecular formula is C15H12ClN3OS. The van der Waals surface area contributed by atoms with Gasteiger partial charge in [-0.25, -0.2) is 0 Å². The summed E-state index contributed by atoms with van der Waals surface area (Å²) in [4.78, 5) is 20.9. The molecule has 0 atom stereocenters. The van der Waals surface area contributed by atoms with Crippen LogP contribution in [0.1, 0.15) is 15.2 Å². The van der Waals surface area contributed by atoms with Gasteiger partial charge in [-0.05, 0) is 36.2 Å². The molecule has 3 rings (SSSR count). The Morgan fingerprint density at radius 2 is 2.05 bits per heavy atom. The van der Waals surface area contributed by atoms with Gasteiger partial charge < -0.3 is 5.32 Å². The maximum Gasteiger partial charge on any atom is 0.261 e. The zero-order valence-electron chi connectivity index (χ0n) is 11.0. The van der Waals surface area contributed by atoms with E-state index in [0.717, 1.165) is 22.2 Å². The lowest BCUT2D eigenvalue weighted by molar-refractivity contribution is 0.0958. The summed E-state index contributed by atoms with van der Waals surface area (Å²) >= 11 is 7.45. The van der Waals surface area contributed by atoms with Gasteiger partial charge in [0.25, 0.3) is 5.91 Å². The number of hydrogen-bond donors (Lipinski definition) is 1. The highest BCUT2D eigenvalue weighted by atomic mass is 35.5. The molecule has 0 bridgehead atoms. The molecule has 0 spiro atoms. The molecule has 0 aromatic carbocycles. The summed E-state index contributed by atoms with van der Waals surface area (Å²) in [5.41, 5.74) is 1.90. The van der Waals surface area contributed by atoms with Gasteiger partial charge in [-0.3, -0.25) is 14.8 Å². The third-order valence-electron chi connectivity index (χ3n) is 3.04. The van der Waals surface area contributed by atoms with Crippen molar-refractivity contribution in [2.45, 2.75) is 6.42 Å². The van der Waals surface area contributed by atoms with Crippen molar-refractivity contribution in [2.24, 2.45) is 0 Å². The summed E-state index contributed by atoms with van der Waals surface area (Å²) in [5, 5.41) is 3.53. The van der Waals surface area contributed by atoms with Crippen LogP contribution in [0.3, 0.4) is 0 Å². The fraction of sp³-hybridized carbons (Fsp3) is 0.133. The first-order valence-corrected chi connectivity index (χ1v) is 7.64. The van der Waals surface area contributed by atoms with Crippen LogP contribution in [0, 0.1) is 0 Å². The van der Waals surface area contributed by atoms with Gasteiger partial charge in [0, 0.05) is 25.1 Å². The second kappa shape index (κ2) is 6.20. The Balaban J connectivity index is 1.65. The molecule has 0 fully saturated rings. The van der Waals surface area contributed by atoms with Gasteiger partial charge in [0.2, 0.25) is 0 Å². The summed E-state index contributed by atoms with van der Waals surface area (Å²) in [6.45, 7) is 0.582. The third kappa shape index (κ3) is 3.20. The Labute approximate surface area is 130 Å². The minimum Gasteiger partial charge on any atom is -0.351 e. The van der Waals surface area contributed by atoms with Gasteiger partial charge in [-0.1, -0.05) is 11.6 Å². The maximum absolute atomic E-state index is 12.1. The minimum absolute atomic E-state index is 0.0943. The molecule has 3 heterocycles. The van der Waals surface area contributed by atoms with Crippen molar-refractivity contribution in [2.75, 3.05) is 6.54 Å². The van der Waals surface area contributed by atoms with Crippen molar-refractivity contribution < 1.29 is 4.79 Å². The van der Waals surface area contributed by atoms with E-state index in [1.54, 1.807) is 30.7 Å². The van der Waals surface area contributed by atoms with E-state index in [1.807, 2.05) is 12.1 Å². The first-order chi connectivity index (χ1) is 10.2. The number of aromatic nitrogens is 2. The van der Waals surface area contributed by atoms with Gasteiger partial charge >= 0.3 is 0 Å². The lowest BCUT2D eigenvalue weighted by atomic mass is 10.2. The van der Waals surface area contributed by atoms with Crippen molar-refractivity contribution >= 4 is 39.1 Å². The van der Waals surface area contributed by atoms with Crippen LogP contribution < -0.4 is 5.32 Å². The highest BCUT2D eigenvalue weighted by molar-refractivity contribution is 7.21. The van der Waals surface area contributed by atoms with Crippen molar-refractivity contribution in [3.05, 3.63) is 58.3 Å². The molecule has 4 nitrogen and oxygen atoms in total. The summed E-state index contributed by atoms with van der Waals surface area (Å²) in [6.07, 6.45) is 5.91. The molecule has 3 aromatic rings. The van der Waals surface area contributed by atoms with Crippen molar-refractivity contribution in [3.8, 4) is 0 Å². The number of nitrogens with one attached hydrogen (secondary N) is 1. The molecule has 0 aliphatic heterocycles. The monoisotopic (exact) mass is 317 g/mol. The highest BCUT2D eigenvalue weighted by Gasteiger charge is 2.12. The zero-order valence-corrected chi connectivity index (χ0v) is 12.6. The second-order valence-corrected chi connectivity index (χ2v) is 5.94. The lowest BCUT2D eigenvalue weighted by Crippen LogP contribution is -2.24. The van der Waals surface area contributed by atoms with Crippen LogP contribution in [0.25, 0.3) is 10.2 Å². The predicted octanol–water partition coefficient (Wildman–Crippen LogP) is 3.32. The van der Waals surface area contributed by atoms with Crippen LogP contribution in [0.4, 0.5) is 0 Å². The maximum atomic E-state index is 12.1. The van der Waals surface area contributed by atoms with Crippen molar-refractivity contribution in [1.29, 1.82) is 0 Å². The number of carbonyl (C=O) groups is 1. The quantitative estimate of drug-likeness (QED) is 0.803. The van der Waals surface area contributed by atoms with E-state index >= 15 is 0 Å². The first kappa shape index (κ1) is 14.0. The number of halogens is 1. The van der Waals surface area contributed by atoms with E-state index in [0.29, 0.717) is 16.4 Å². The first-order valence-electron chi connectivity index (χ1n) is 6.45. The Morgan fingerprint density at radius 3 is 2.81 bits per heavy atom. The number of hydrogen-bond acceptors (Lipinski definition) is 4. The standard InChI is InChI=1S/C15H12ClN3OS/c16-11-4-8-18-12-9-13(21-14(11)12)15(20)19-7-3-10-1-5-17-6-2-10/h1-2,4-6,8-9H,3,7H2,(H,19,20). The third-order valence-corrected chi connectivity index (χ3v) is 4.62. The van der Waals surface area contributed by atoms with Crippen LogP contribution in [0.5, 0.6) is 0 Å². The van der Waals surface area contributed by atoms with Crippen LogP contribution in [-0.2, 0) is 6.42 Å². The number of pyridine rings is 2. The largest absolute Gasteiger partial charge is 0.351 e. The Morgan fingerprint density at radius 1 is 1.24 bits per heavy atom. The topological polar surface area (TPSA) is 54.9 Å². The molecule has 3 aromatic heterocycles. The van der Waals surface area contributed by atoms with Crippen LogP contribution in [0.15, 0.2) is 42.9 Å². The summed E-state index contributed by atoms with van der Waals surface area (Å²) in [7, 11) is 0. The van der Waals surface area contributed by atoms with E-state index in [9.17, 15) is 4.79 Å². The van der Waals surface area contributed by atoms with E-state index in [-0.39, 0.29) is 5.91 Å². The number of thiophene rings is 1. The molecular weight excluding hydrogens is 306 g/mol. The second-order valence-electron chi connectivity index (χ2n) is 4.48. The average molecular weight is 318 g/mol. The number of nitrogens with zero attached hydrogens (tertiary/aromatic N) is 2. The van der Waals surface area contributed by atoms with Crippen LogP contribution >= 0.6 is 22.9 Å². The molecule has 21 heavy (non-hydrogen) atoms. The van der Waals surface area contributed by atoms with E-state index in [4.69, 9.17) is 11.6 Å². The predicted molar refractivity (Wildman–Crippen MR) is 84.9 cm³/mol. The molecule has 0 saturated heterocycles. The molecule has 6 heteroatoms. The fourth-order valence-electron chi connectivity index (χ4n) is 1.98. The zero-order chi connectivity index (χ0) is 14.7. The molecule has 0 saturated carbocycles. The Kier molecular flexibility index (Phi) is 4.13. The summed E-state index contributed by atoms with van der Waals surface area (Å²) in [5.74, 6) is -0.0943. The van der Waals surface area contributed by atoms with Gasteiger partial charge in [-0.15, -0.1) is 11.3 Å². The van der Waals surface area contributed by atoms with Gasteiger partial charge in [0.05, 0.1) is 20.1 Å². The van der Waals surface area contributed by atoms with Crippen molar-refractivity contribution in [3.63, 3.8) is 0 Å². The number of rotatable bonds is 4. The Bertz CT molecular complexity index is 773.